The van der Waals surface area contributed by atoms with Gasteiger partial charge >= 0.3 is 6.18 Å². The van der Waals surface area contributed by atoms with E-state index in [9.17, 15) is 31.5 Å². The molecule has 0 radical (unpaired) electrons. The van der Waals surface area contributed by atoms with Gasteiger partial charge in [-0.1, -0.05) is 6.07 Å². The van der Waals surface area contributed by atoms with E-state index in [2.05, 4.69) is 15.3 Å². The summed E-state index contributed by atoms with van der Waals surface area (Å²) in [6.45, 7) is 0. The van der Waals surface area contributed by atoms with Crippen LogP contribution in [-0.2, 0) is 25.4 Å². The molecule has 2 aromatic heterocycles. The fourth-order valence-corrected chi connectivity index (χ4v) is 4.77. The number of alkyl halides is 3. The Morgan fingerprint density at radius 1 is 1.00 bits per heavy atom. The minimum Gasteiger partial charge on any atom is -0.355 e. The third kappa shape index (κ3) is 4.83. The summed E-state index contributed by atoms with van der Waals surface area (Å²) in [5.74, 6) is -2.90. The molecule has 0 unspecified atom stereocenters. The van der Waals surface area contributed by atoms with Crippen LogP contribution in [0.3, 0.4) is 0 Å². The van der Waals surface area contributed by atoms with Crippen LogP contribution in [0.2, 0.25) is 0 Å². The van der Waals surface area contributed by atoms with E-state index in [0.29, 0.717) is 29.0 Å². The number of hydrogen-bond acceptors (Lipinski definition) is 4. The van der Waals surface area contributed by atoms with Gasteiger partial charge in [0.2, 0.25) is 0 Å². The molecule has 0 saturated heterocycles. The standard InChI is InChI=1S/C27H20F5N3O2/c28-15-6-8-19(20(12-15)27(30,31)32)23(36)11-14-5-7-16(13-21(14)29)34-22-9-10-33-25-24(22)17-3-1-2-4-18(17)26(37)35-25/h5-10,12-13H,1-4,11H2,(H2,33,34,35,37). The van der Waals surface area contributed by atoms with Crippen molar-refractivity contribution >= 4 is 28.2 Å². The number of halogens is 5. The Balaban J connectivity index is 1.43. The summed E-state index contributed by atoms with van der Waals surface area (Å²) < 4.78 is 68.1. The van der Waals surface area contributed by atoms with E-state index in [0.717, 1.165) is 48.4 Å². The molecule has 190 valence electrons. The van der Waals surface area contributed by atoms with Crippen molar-refractivity contribution in [1.29, 1.82) is 0 Å². The summed E-state index contributed by atoms with van der Waals surface area (Å²) in [5, 5.41) is 3.87. The topological polar surface area (TPSA) is 74.8 Å². The molecule has 0 atom stereocenters. The van der Waals surface area contributed by atoms with Gasteiger partial charge in [-0.3, -0.25) is 9.59 Å². The van der Waals surface area contributed by atoms with Crippen LogP contribution >= 0.6 is 0 Å². The molecule has 0 amide bonds. The highest BCUT2D eigenvalue weighted by Crippen LogP contribution is 2.34. The van der Waals surface area contributed by atoms with E-state index in [-0.39, 0.29) is 17.2 Å². The number of carbonyl (C=O) groups is 1. The van der Waals surface area contributed by atoms with Crippen LogP contribution in [0, 0.1) is 11.6 Å². The molecule has 5 rings (SSSR count). The number of rotatable bonds is 5. The maximum atomic E-state index is 14.9. The predicted octanol–water partition coefficient (Wildman–Crippen LogP) is 6.27. The summed E-state index contributed by atoms with van der Waals surface area (Å²) in [7, 11) is 0. The fourth-order valence-electron chi connectivity index (χ4n) is 4.77. The van der Waals surface area contributed by atoms with E-state index in [1.54, 1.807) is 6.07 Å². The third-order valence-corrected chi connectivity index (χ3v) is 6.50. The first-order valence-electron chi connectivity index (χ1n) is 11.6. The molecule has 10 heteroatoms. The number of aromatic amines is 1. The van der Waals surface area contributed by atoms with E-state index in [4.69, 9.17) is 0 Å². The molecule has 0 bridgehead atoms. The number of hydrogen-bond donors (Lipinski definition) is 2. The lowest BCUT2D eigenvalue weighted by Crippen LogP contribution is -2.20. The molecule has 2 N–H and O–H groups in total. The maximum absolute atomic E-state index is 14.9. The second kappa shape index (κ2) is 9.42. The average Bonchev–Trinajstić information content (AvgIpc) is 2.85. The Morgan fingerprint density at radius 3 is 2.49 bits per heavy atom. The van der Waals surface area contributed by atoms with Gasteiger partial charge in [-0.15, -0.1) is 0 Å². The highest BCUT2D eigenvalue weighted by atomic mass is 19.4. The molecule has 2 aromatic carbocycles. The van der Waals surface area contributed by atoms with E-state index < -0.39 is 41.1 Å². The summed E-state index contributed by atoms with van der Waals surface area (Å²) in [6.07, 6.45) is -0.824. The number of fused-ring (bicyclic) bond motifs is 3. The Labute approximate surface area is 207 Å². The quantitative estimate of drug-likeness (QED) is 0.244. The number of benzene rings is 2. The van der Waals surface area contributed by atoms with Gasteiger partial charge in [0.1, 0.15) is 17.3 Å². The van der Waals surface area contributed by atoms with Gasteiger partial charge in [0, 0.05) is 34.8 Å². The van der Waals surface area contributed by atoms with E-state index in [1.807, 2.05) is 0 Å². The van der Waals surface area contributed by atoms with Crippen LogP contribution in [0.25, 0.3) is 11.0 Å². The summed E-state index contributed by atoms with van der Waals surface area (Å²) >= 11 is 0. The zero-order valence-electron chi connectivity index (χ0n) is 19.3. The molecule has 0 saturated carbocycles. The van der Waals surface area contributed by atoms with Gasteiger partial charge in [0.25, 0.3) is 5.56 Å². The van der Waals surface area contributed by atoms with Gasteiger partial charge in [-0.05, 0) is 73.2 Å². The Hall–Kier alpha value is -4.08. The number of Topliss-reactive ketones (excluding diaryl/α,β-unsaturated/α-hetero) is 1. The van der Waals surface area contributed by atoms with E-state index in [1.165, 1.54) is 18.3 Å². The number of pyridine rings is 2. The largest absolute Gasteiger partial charge is 0.417 e. The number of aromatic nitrogens is 2. The van der Waals surface area contributed by atoms with Crippen molar-refractivity contribution in [2.24, 2.45) is 0 Å². The van der Waals surface area contributed by atoms with Crippen molar-refractivity contribution in [3.8, 4) is 0 Å². The lowest BCUT2D eigenvalue weighted by Gasteiger charge is -2.19. The number of nitrogens with zero attached hydrogens (tertiary/aromatic N) is 1. The number of carbonyl (C=O) groups excluding carboxylic acids is 1. The SMILES string of the molecule is O=C(Cc1ccc(Nc2ccnc3[nH]c(=O)c4c(c23)CCCC4)cc1F)c1ccc(F)cc1C(F)(F)F. The number of nitrogens with one attached hydrogen (secondary N) is 2. The lowest BCUT2D eigenvalue weighted by atomic mass is 9.90. The molecule has 2 heterocycles. The molecule has 0 aliphatic heterocycles. The van der Waals surface area contributed by atoms with Crippen molar-refractivity contribution in [3.63, 3.8) is 0 Å². The molecule has 0 spiro atoms. The maximum Gasteiger partial charge on any atom is 0.417 e. The zero-order valence-corrected chi connectivity index (χ0v) is 19.3. The Morgan fingerprint density at radius 2 is 1.76 bits per heavy atom. The minimum atomic E-state index is -4.93. The van der Waals surface area contributed by atoms with Crippen LogP contribution in [0.1, 0.15) is 45.5 Å². The summed E-state index contributed by atoms with van der Waals surface area (Å²) in [5.41, 5.74) is 0.601. The van der Waals surface area contributed by atoms with Gasteiger partial charge < -0.3 is 10.3 Å². The minimum absolute atomic E-state index is 0.103. The van der Waals surface area contributed by atoms with Crippen molar-refractivity contribution in [2.75, 3.05) is 5.32 Å². The molecule has 37 heavy (non-hydrogen) atoms. The second-order valence-electron chi connectivity index (χ2n) is 8.92. The normalized spacial score (nSPS) is 13.4. The number of H-pyrrole nitrogens is 1. The van der Waals surface area contributed by atoms with Crippen LogP contribution in [0.5, 0.6) is 0 Å². The zero-order chi connectivity index (χ0) is 26.3. The monoisotopic (exact) mass is 513 g/mol. The van der Waals surface area contributed by atoms with Crippen LogP contribution in [0.4, 0.5) is 33.3 Å². The highest BCUT2D eigenvalue weighted by molar-refractivity contribution is 5.99. The molecule has 5 nitrogen and oxygen atoms in total. The van der Waals surface area contributed by atoms with Crippen LogP contribution in [0.15, 0.2) is 53.5 Å². The molecule has 0 fully saturated rings. The van der Waals surface area contributed by atoms with Crippen LogP contribution < -0.4 is 10.9 Å². The smallest absolute Gasteiger partial charge is 0.355 e. The number of ketones is 1. The third-order valence-electron chi connectivity index (χ3n) is 6.50. The van der Waals surface area contributed by atoms with Gasteiger partial charge in [-0.2, -0.15) is 13.2 Å². The Bertz CT molecular complexity index is 1590. The first kappa shape index (κ1) is 24.6. The van der Waals surface area contributed by atoms with Crippen molar-refractivity contribution in [3.05, 3.63) is 98.5 Å². The molecule has 1 aliphatic carbocycles. The average molecular weight is 513 g/mol. The van der Waals surface area contributed by atoms with E-state index >= 15 is 0 Å². The number of anilines is 2. The molecular weight excluding hydrogens is 493 g/mol. The van der Waals surface area contributed by atoms with Crippen molar-refractivity contribution in [1.82, 2.24) is 9.97 Å². The van der Waals surface area contributed by atoms with Gasteiger partial charge in [-0.25, -0.2) is 13.8 Å². The second-order valence-corrected chi connectivity index (χ2v) is 8.92. The number of aryl methyl sites for hydroxylation is 1. The summed E-state index contributed by atoms with van der Waals surface area (Å²) in [6, 6.07) is 7.44. The van der Waals surface area contributed by atoms with Crippen molar-refractivity contribution in [2.45, 2.75) is 38.3 Å². The fraction of sp³-hybridized carbons (Fsp3) is 0.222. The first-order chi connectivity index (χ1) is 17.6. The van der Waals surface area contributed by atoms with Crippen molar-refractivity contribution < 1.29 is 26.7 Å². The molecule has 4 aromatic rings. The van der Waals surface area contributed by atoms with Gasteiger partial charge in [0.05, 0.1) is 11.3 Å². The van der Waals surface area contributed by atoms with Crippen LogP contribution in [-0.4, -0.2) is 15.8 Å². The Kier molecular flexibility index (Phi) is 6.26. The molecule has 1 aliphatic rings. The molecular formula is C27H20F5N3O2. The van der Waals surface area contributed by atoms with Gasteiger partial charge in [0.15, 0.2) is 5.78 Å². The first-order valence-corrected chi connectivity index (χ1v) is 11.6. The highest BCUT2D eigenvalue weighted by Gasteiger charge is 2.35. The summed E-state index contributed by atoms with van der Waals surface area (Å²) in [4.78, 5) is 32.1. The lowest BCUT2D eigenvalue weighted by molar-refractivity contribution is -0.138. The predicted molar refractivity (Wildman–Crippen MR) is 128 cm³/mol.